The zero-order valence-electron chi connectivity index (χ0n) is 13.9. The maximum absolute atomic E-state index is 12.5. The molecule has 1 unspecified atom stereocenters. The Morgan fingerprint density at radius 3 is 2.67 bits per heavy atom. The summed E-state index contributed by atoms with van der Waals surface area (Å²) in [7, 11) is 0. The summed E-state index contributed by atoms with van der Waals surface area (Å²) in [5.74, 6) is 0.243. The molecule has 2 aromatic rings. The van der Waals surface area contributed by atoms with Gasteiger partial charge in [-0.25, -0.2) is 0 Å². The van der Waals surface area contributed by atoms with Crippen LogP contribution in [0.25, 0.3) is 10.4 Å². The molecule has 4 heteroatoms. The van der Waals surface area contributed by atoms with Gasteiger partial charge >= 0.3 is 0 Å². The van der Waals surface area contributed by atoms with Crippen LogP contribution >= 0.6 is 11.3 Å². The second-order valence-electron chi connectivity index (χ2n) is 6.94. The number of nitrogens with one attached hydrogen (secondary N) is 1. The quantitative estimate of drug-likeness (QED) is 0.890. The minimum atomic E-state index is 0.0522. The van der Waals surface area contributed by atoms with E-state index in [4.69, 9.17) is 0 Å². The number of benzene rings is 1. The third-order valence-electron chi connectivity index (χ3n) is 4.99. The number of amides is 1. The average molecular weight is 340 g/mol. The molecule has 126 valence electrons. The Morgan fingerprint density at radius 1 is 1.12 bits per heavy atom. The van der Waals surface area contributed by atoms with E-state index >= 15 is 0 Å². The van der Waals surface area contributed by atoms with Gasteiger partial charge in [0, 0.05) is 17.5 Å². The van der Waals surface area contributed by atoms with Crippen LogP contribution in [0.5, 0.6) is 0 Å². The Bertz CT molecular complexity index is 676. The molecular weight excluding hydrogens is 316 g/mol. The molecule has 1 aromatic carbocycles. The summed E-state index contributed by atoms with van der Waals surface area (Å²) in [4.78, 5) is 16.2. The second-order valence-corrected chi connectivity index (χ2v) is 7.89. The number of carbonyl (C=O) groups is 1. The van der Waals surface area contributed by atoms with Crippen molar-refractivity contribution in [1.82, 2.24) is 10.2 Å². The van der Waals surface area contributed by atoms with Gasteiger partial charge in [0.2, 0.25) is 5.91 Å². The van der Waals surface area contributed by atoms with E-state index in [9.17, 15) is 4.79 Å². The first kappa shape index (κ1) is 15.9. The Balaban J connectivity index is 1.43. The topological polar surface area (TPSA) is 32.3 Å². The summed E-state index contributed by atoms with van der Waals surface area (Å²) in [6.07, 6.45) is 5.66. The highest BCUT2D eigenvalue weighted by molar-refractivity contribution is 7.13. The molecule has 0 bridgehead atoms. The SMILES string of the molecule is O=C(NC1CC1)C1CCCCN1Cc1ccc(-c2cccs2)cc1. The van der Waals surface area contributed by atoms with E-state index in [1.165, 1.54) is 22.4 Å². The number of piperidine rings is 1. The zero-order valence-corrected chi connectivity index (χ0v) is 14.7. The fraction of sp³-hybridized carbons (Fsp3) is 0.450. The molecule has 2 fully saturated rings. The molecular formula is C20H24N2OS. The number of thiophene rings is 1. The first-order valence-electron chi connectivity index (χ1n) is 8.97. The largest absolute Gasteiger partial charge is 0.352 e. The van der Waals surface area contributed by atoms with Crippen LogP contribution in [0.1, 0.15) is 37.7 Å². The third-order valence-corrected chi connectivity index (χ3v) is 5.90. The summed E-state index contributed by atoms with van der Waals surface area (Å²) in [5, 5.41) is 5.30. The van der Waals surface area contributed by atoms with Gasteiger partial charge in [-0.3, -0.25) is 9.69 Å². The van der Waals surface area contributed by atoms with Crippen molar-refractivity contribution in [3.05, 3.63) is 47.3 Å². The number of nitrogens with zero attached hydrogens (tertiary/aromatic N) is 1. The fourth-order valence-electron chi connectivity index (χ4n) is 3.45. The smallest absolute Gasteiger partial charge is 0.237 e. The number of hydrogen-bond acceptors (Lipinski definition) is 3. The van der Waals surface area contributed by atoms with Gasteiger partial charge in [0.25, 0.3) is 0 Å². The van der Waals surface area contributed by atoms with Gasteiger partial charge in [0.15, 0.2) is 0 Å². The number of hydrogen-bond donors (Lipinski definition) is 1. The van der Waals surface area contributed by atoms with Crippen molar-refractivity contribution in [2.45, 2.75) is 50.7 Å². The Labute approximate surface area is 147 Å². The van der Waals surface area contributed by atoms with Crippen LogP contribution in [0.4, 0.5) is 0 Å². The second kappa shape index (κ2) is 7.08. The van der Waals surface area contributed by atoms with Crippen LogP contribution in [0.2, 0.25) is 0 Å². The standard InChI is InChI=1S/C20H24N2OS/c23-20(21-17-10-11-17)18-4-1-2-12-22(18)14-15-6-8-16(9-7-15)19-5-3-13-24-19/h3,5-9,13,17-18H,1-2,4,10-12,14H2,(H,21,23). The average Bonchev–Trinajstić information content (AvgIpc) is 3.25. The predicted octanol–water partition coefficient (Wildman–Crippen LogP) is 4.05. The van der Waals surface area contributed by atoms with E-state index in [1.54, 1.807) is 11.3 Å². The zero-order chi connectivity index (χ0) is 16.4. The lowest BCUT2D eigenvalue weighted by atomic mass is 10.00. The lowest BCUT2D eigenvalue weighted by Crippen LogP contribution is -2.49. The summed E-state index contributed by atoms with van der Waals surface area (Å²) < 4.78 is 0. The maximum Gasteiger partial charge on any atom is 0.237 e. The summed E-state index contributed by atoms with van der Waals surface area (Å²) in [5.41, 5.74) is 2.57. The normalized spacial score (nSPS) is 21.6. The van der Waals surface area contributed by atoms with Gasteiger partial charge in [0.05, 0.1) is 6.04 Å². The van der Waals surface area contributed by atoms with E-state index in [0.29, 0.717) is 6.04 Å². The molecule has 3 nitrogen and oxygen atoms in total. The van der Waals surface area contributed by atoms with E-state index in [2.05, 4.69) is 52.0 Å². The molecule has 0 spiro atoms. The van der Waals surface area contributed by atoms with Gasteiger partial charge < -0.3 is 5.32 Å². The van der Waals surface area contributed by atoms with Crippen molar-refractivity contribution in [1.29, 1.82) is 0 Å². The van der Waals surface area contributed by atoms with E-state index < -0.39 is 0 Å². The number of carbonyl (C=O) groups excluding carboxylic acids is 1. The molecule has 1 aromatic heterocycles. The molecule has 1 amide bonds. The van der Waals surface area contributed by atoms with Crippen molar-refractivity contribution in [2.75, 3.05) is 6.54 Å². The lowest BCUT2D eigenvalue weighted by Gasteiger charge is -2.34. The highest BCUT2D eigenvalue weighted by Gasteiger charge is 2.32. The molecule has 1 atom stereocenters. The molecule has 4 rings (SSSR count). The molecule has 1 N–H and O–H groups in total. The van der Waals surface area contributed by atoms with E-state index in [0.717, 1.165) is 38.8 Å². The molecule has 2 aliphatic rings. The van der Waals surface area contributed by atoms with Crippen LogP contribution in [-0.4, -0.2) is 29.4 Å². The Hall–Kier alpha value is -1.65. The minimum Gasteiger partial charge on any atom is -0.352 e. The van der Waals surface area contributed by atoms with Gasteiger partial charge in [-0.1, -0.05) is 36.8 Å². The molecule has 1 aliphatic heterocycles. The van der Waals surface area contributed by atoms with Crippen LogP contribution in [-0.2, 0) is 11.3 Å². The highest BCUT2D eigenvalue weighted by atomic mass is 32.1. The number of rotatable bonds is 5. The molecule has 1 saturated heterocycles. The van der Waals surface area contributed by atoms with E-state index in [-0.39, 0.29) is 11.9 Å². The van der Waals surface area contributed by atoms with Crippen LogP contribution in [0, 0.1) is 0 Å². The fourth-order valence-corrected chi connectivity index (χ4v) is 4.19. The van der Waals surface area contributed by atoms with Gasteiger partial charge in [-0.15, -0.1) is 11.3 Å². The van der Waals surface area contributed by atoms with Gasteiger partial charge in [-0.05, 0) is 54.8 Å². The van der Waals surface area contributed by atoms with Crippen molar-refractivity contribution in [3.63, 3.8) is 0 Å². The van der Waals surface area contributed by atoms with Crippen LogP contribution in [0.3, 0.4) is 0 Å². The number of likely N-dealkylation sites (tertiary alicyclic amines) is 1. The first-order chi connectivity index (χ1) is 11.8. The molecule has 24 heavy (non-hydrogen) atoms. The molecule has 2 heterocycles. The summed E-state index contributed by atoms with van der Waals surface area (Å²) >= 11 is 1.77. The molecule has 1 aliphatic carbocycles. The lowest BCUT2D eigenvalue weighted by molar-refractivity contribution is -0.128. The van der Waals surface area contributed by atoms with E-state index in [1.807, 2.05) is 0 Å². The maximum atomic E-state index is 12.5. The summed E-state index contributed by atoms with van der Waals surface area (Å²) in [6.45, 7) is 1.89. The highest BCUT2D eigenvalue weighted by Crippen LogP contribution is 2.26. The molecule has 0 radical (unpaired) electrons. The molecule has 1 saturated carbocycles. The van der Waals surface area contributed by atoms with Gasteiger partial charge in [0.1, 0.15) is 0 Å². The van der Waals surface area contributed by atoms with Crippen LogP contribution in [0.15, 0.2) is 41.8 Å². The monoisotopic (exact) mass is 340 g/mol. The van der Waals surface area contributed by atoms with Crippen molar-refractivity contribution in [2.24, 2.45) is 0 Å². The van der Waals surface area contributed by atoms with Crippen molar-refractivity contribution in [3.8, 4) is 10.4 Å². The predicted molar refractivity (Wildman–Crippen MR) is 99.0 cm³/mol. The van der Waals surface area contributed by atoms with Crippen LogP contribution < -0.4 is 5.32 Å². The third kappa shape index (κ3) is 3.70. The first-order valence-corrected chi connectivity index (χ1v) is 9.85. The van der Waals surface area contributed by atoms with Gasteiger partial charge in [-0.2, -0.15) is 0 Å². The van der Waals surface area contributed by atoms with Crippen molar-refractivity contribution >= 4 is 17.2 Å². The minimum absolute atomic E-state index is 0.0522. The Kier molecular flexibility index (Phi) is 4.67. The van der Waals surface area contributed by atoms with Crippen molar-refractivity contribution < 1.29 is 4.79 Å². The Morgan fingerprint density at radius 2 is 1.96 bits per heavy atom. The summed E-state index contributed by atoms with van der Waals surface area (Å²) in [6, 6.07) is 13.6.